The van der Waals surface area contributed by atoms with Gasteiger partial charge in [-0.3, -0.25) is 9.10 Å². The summed E-state index contributed by atoms with van der Waals surface area (Å²) in [6, 6.07) is 16.5. The molecule has 0 spiro atoms. The first-order chi connectivity index (χ1) is 13.9. The quantitative estimate of drug-likeness (QED) is 0.438. The van der Waals surface area contributed by atoms with E-state index in [2.05, 4.69) is 10.5 Å². The fourth-order valence-electron chi connectivity index (χ4n) is 2.47. The summed E-state index contributed by atoms with van der Waals surface area (Å²) in [7, 11) is -3.98. The summed E-state index contributed by atoms with van der Waals surface area (Å²) in [5.41, 5.74) is 3.47. The third-order valence-electron chi connectivity index (χ3n) is 3.99. The smallest absolute Gasteiger partial charge is 0.264 e. The molecule has 0 aliphatic carbocycles. The van der Waals surface area contributed by atoms with Gasteiger partial charge in [-0.05, 0) is 48.2 Å². The van der Waals surface area contributed by atoms with Crippen LogP contribution in [0.2, 0.25) is 5.02 Å². The van der Waals surface area contributed by atoms with E-state index in [9.17, 15) is 13.2 Å². The van der Waals surface area contributed by atoms with E-state index in [0.717, 1.165) is 14.7 Å². The van der Waals surface area contributed by atoms with E-state index >= 15 is 0 Å². The van der Waals surface area contributed by atoms with Crippen LogP contribution in [0.15, 0.2) is 76.0 Å². The maximum absolute atomic E-state index is 13.2. The molecule has 0 atom stereocenters. The molecule has 3 aromatic rings. The highest BCUT2D eigenvalue weighted by atomic mass is 35.5. The van der Waals surface area contributed by atoms with Gasteiger partial charge in [0, 0.05) is 9.90 Å². The Morgan fingerprint density at radius 1 is 1.17 bits per heavy atom. The number of thiophene rings is 1. The summed E-state index contributed by atoms with van der Waals surface area (Å²) in [4.78, 5) is 13.4. The number of anilines is 1. The van der Waals surface area contributed by atoms with Gasteiger partial charge in [-0.25, -0.2) is 13.8 Å². The molecule has 1 aromatic heterocycles. The number of benzene rings is 2. The maximum atomic E-state index is 13.2. The van der Waals surface area contributed by atoms with Gasteiger partial charge in [0.25, 0.3) is 15.9 Å². The largest absolute Gasteiger partial charge is 0.271 e. The second-order valence-corrected chi connectivity index (χ2v) is 9.32. The van der Waals surface area contributed by atoms with E-state index in [1.54, 1.807) is 30.3 Å². The number of carbonyl (C=O) groups is 1. The molecule has 0 aliphatic rings. The third kappa shape index (κ3) is 5.23. The SMILES string of the molecule is Cc1ccc(N(CC(=O)N/N=C/c2cccs2)S(=O)(=O)c2ccccc2)cc1Cl. The van der Waals surface area contributed by atoms with Gasteiger partial charge in [0.2, 0.25) is 0 Å². The van der Waals surface area contributed by atoms with E-state index in [-0.39, 0.29) is 4.90 Å². The van der Waals surface area contributed by atoms with E-state index in [4.69, 9.17) is 11.6 Å². The standard InChI is InChI=1S/C20H18ClN3O3S2/c1-15-9-10-16(12-19(15)21)24(29(26,27)18-7-3-2-4-8-18)14-20(25)23-22-13-17-6-5-11-28-17/h2-13H,14H2,1H3,(H,23,25)/b22-13+. The first-order valence-corrected chi connectivity index (χ1v) is 11.3. The van der Waals surface area contributed by atoms with Crippen molar-refractivity contribution in [2.75, 3.05) is 10.8 Å². The molecule has 9 heteroatoms. The minimum atomic E-state index is -3.98. The summed E-state index contributed by atoms with van der Waals surface area (Å²) in [6.45, 7) is 1.37. The Morgan fingerprint density at radius 2 is 1.93 bits per heavy atom. The average molecular weight is 448 g/mol. The highest BCUT2D eigenvalue weighted by Gasteiger charge is 2.27. The van der Waals surface area contributed by atoms with Gasteiger partial charge in [-0.1, -0.05) is 41.9 Å². The minimum Gasteiger partial charge on any atom is -0.271 e. The summed E-state index contributed by atoms with van der Waals surface area (Å²) in [5, 5.41) is 6.18. The van der Waals surface area contributed by atoms with Crippen LogP contribution < -0.4 is 9.73 Å². The number of amides is 1. The van der Waals surface area contributed by atoms with Crippen LogP contribution in [0.5, 0.6) is 0 Å². The van der Waals surface area contributed by atoms with Crippen molar-refractivity contribution in [2.45, 2.75) is 11.8 Å². The van der Waals surface area contributed by atoms with Crippen LogP contribution in [-0.4, -0.2) is 27.1 Å². The molecule has 0 fully saturated rings. The number of hydrogen-bond acceptors (Lipinski definition) is 5. The number of hydrogen-bond donors (Lipinski definition) is 1. The molecule has 0 saturated heterocycles. The zero-order valence-electron chi connectivity index (χ0n) is 15.4. The molecule has 1 N–H and O–H groups in total. The minimum absolute atomic E-state index is 0.0755. The number of sulfonamides is 1. The van der Waals surface area contributed by atoms with Crippen molar-refractivity contribution >= 4 is 50.8 Å². The van der Waals surface area contributed by atoms with Crippen LogP contribution in [-0.2, 0) is 14.8 Å². The molecule has 0 bridgehead atoms. The Morgan fingerprint density at radius 3 is 2.59 bits per heavy atom. The number of carbonyl (C=O) groups excluding carboxylic acids is 1. The van der Waals surface area contributed by atoms with Gasteiger partial charge in [-0.2, -0.15) is 5.10 Å². The normalized spacial score (nSPS) is 11.5. The Balaban J connectivity index is 1.88. The topological polar surface area (TPSA) is 78.8 Å². The predicted octanol–water partition coefficient (Wildman–Crippen LogP) is 4.06. The molecule has 1 amide bonds. The monoisotopic (exact) mass is 447 g/mol. The summed E-state index contributed by atoms with van der Waals surface area (Å²) < 4.78 is 27.4. The van der Waals surface area contributed by atoms with Crippen LogP contribution in [0.4, 0.5) is 5.69 Å². The van der Waals surface area contributed by atoms with Crippen LogP contribution in [0.25, 0.3) is 0 Å². The van der Waals surface area contributed by atoms with Gasteiger partial charge in [0.05, 0.1) is 16.8 Å². The summed E-state index contributed by atoms with van der Waals surface area (Å²) >= 11 is 7.66. The van der Waals surface area contributed by atoms with Crippen molar-refractivity contribution in [3.8, 4) is 0 Å². The van der Waals surface area contributed by atoms with Gasteiger partial charge >= 0.3 is 0 Å². The lowest BCUT2D eigenvalue weighted by Crippen LogP contribution is -2.39. The number of rotatable bonds is 7. The number of nitrogens with one attached hydrogen (secondary N) is 1. The van der Waals surface area contributed by atoms with Crippen LogP contribution in [0.3, 0.4) is 0 Å². The van der Waals surface area contributed by atoms with Crippen molar-refractivity contribution in [2.24, 2.45) is 5.10 Å². The van der Waals surface area contributed by atoms with Crippen molar-refractivity contribution in [1.29, 1.82) is 0 Å². The molecule has 0 aliphatic heterocycles. The van der Waals surface area contributed by atoms with E-state index in [1.165, 1.54) is 35.8 Å². The Labute approximate surface area is 178 Å². The van der Waals surface area contributed by atoms with Gasteiger partial charge in [0.15, 0.2) is 0 Å². The fourth-order valence-corrected chi connectivity index (χ4v) is 4.66. The van der Waals surface area contributed by atoms with E-state index in [1.807, 2.05) is 24.4 Å². The molecule has 0 saturated carbocycles. The Hall–Kier alpha value is -2.68. The van der Waals surface area contributed by atoms with Crippen molar-refractivity contribution < 1.29 is 13.2 Å². The molecule has 6 nitrogen and oxygen atoms in total. The molecular weight excluding hydrogens is 430 g/mol. The van der Waals surface area contributed by atoms with Gasteiger partial charge in [0.1, 0.15) is 6.54 Å². The number of hydrazone groups is 1. The summed E-state index contributed by atoms with van der Waals surface area (Å²) in [5.74, 6) is -0.575. The fraction of sp³-hybridized carbons (Fsp3) is 0.100. The molecular formula is C20H18ClN3O3S2. The Bertz CT molecular complexity index is 1120. The first-order valence-electron chi connectivity index (χ1n) is 8.57. The second kappa shape index (κ2) is 9.21. The van der Waals surface area contributed by atoms with Crippen molar-refractivity contribution in [1.82, 2.24) is 5.43 Å². The van der Waals surface area contributed by atoms with Crippen LogP contribution >= 0.6 is 22.9 Å². The van der Waals surface area contributed by atoms with Crippen LogP contribution in [0, 0.1) is 6.92 Å². The van der Waals surface area contributed by atoms with Gasteiger partial charge < -0.3 is 0 Å². The predicted molar refractivity (Wildman–Crippen MR) is 117 cm³/mol. The molecule has 29 heavy (non-hydrogen) atoms. The lowest BCUT2D eigenvalue weighted by molar-refractivity contribution is -0.119. The molecule has 3 rings (SSSR count). The average Bonchev–Trinajstić information content (AvgIpc) is 3.22. The zero-order chi connectivity index (χ0) is 20.9. The highest BCUT2D eigenvalue weighted by molar-refractivity contribution is 7.92. The first kappa shape index (κ1) is 21.0. The van der Waals surface area contributed by atoms with E-state index < -0.39 is 22.5 Å². The third-order valence-corrected chi connectivity index (χ3v) is 6.99. The molecule has 1 heterocycles. The Kier molecular flexibility index (Phi) is 6.68. The van der Waals surface area contributed by atoms with Crippen LogP contribution in [0.1, 0.15) is 10.4 Å². The van der Waals surface area contributed by atoms with Crippen molar-refractivity contribution in [3.05, 3.63) is 81.5 Å². The molecule has 0 radical (unpaired) electrons. The summed E-state index contributed by atoms with van der Waals surface area (Å²) in [6.07, 6.45) is 1.50. The molecule has 2 aromatic carbocycles. The van der Waals surface area contributed by atoms with E-state index in [0.29, 0.717) is 10.7 Å². The zero-order valence-corrected chi connectivity index (χ0v) is 17.8. The highest BCUT2D eigenvalue weighted by Crippen LogP contribution is 2.27. The number of halogens is 1. The molecule has 0 unspecified atom stereocenters. The number of nitrogens with zero attached hydrogens (tertiary/aromatic N) is 2. The van der Waals surface area contributed by atoms with Crippen molar-refractivity contribution in [3.63, 3.8) is 0 Å². The lowest BCUT2D eigenvalue weighted by Gasteiger charge is -2.24. The number of aryl methyl sites for hydroxylation is 1. The second-order valence-electron chi connectivity index (χ2n) is 6.07. The van der Waals surface area contributed by atoms with Gasteiger partial charge in [-0.15, -0.1) is 11.3 Å². The lowest BCUT2D eigenvalue weighted by atomic mass is 10.2. The maximum Gasteiger partial charge on any atom is 0.264 e. The molecule has 150 valence electrons.